The van der Waals surface area contributed by atoms with Gasteiger partial charge in [0.15, 0.2) is 17.5 Å². The first-order valence-corrected chi connectivity index (χ1v) is 5.35. The molecule has 0 saturated carbocycles. The van der Waals surface area contributed by atoms with Gasteiger partial charge in [0, 0.05) is 25.3 Å². The van der Waals surface area contributed by atoms with Gasteiger partial charge in [-0.1, -0.05) is 13.0 Å². The average Bonchev–Trinajstić information content (AvgIpc) is 2.26. The Hall–Kier alpha value is -1.07. The van der Waals surface area contributed by atoms with Crippen molar-refractivity contribution in [1.82, 2.24) is 0 Å². The van der Waals surface area contributed by atoms with Crippen LogP contribution in [0, 0.1) is 23.4 Å². The lowest BCUT2D eigenvalue weighted by atomic mass is 9.96. The van der Waals surface area contributed by atoms with Crippen LogP contribution in [0.15, 0.2) is 12.1 Å². The summed E-state index contributed by atoms with van der Waals surface area (Å²) in [4.78, 5) is 0. The molecule has 0 amide bonds. The molecule has 2 nitrogen and oxygen atoms in total. The Kier molecular flexibility index (Phi) is 4.96. The molecule has 96 valence electrons. The van der Waals surface area contributed by atoms with E-state index in [0.29, 0.717) is 13.0 Å². The SMILES string of the molecule is COCC(C)CC(N)c1ccc(F)c(F)c1F. The summed E-state index contributed by atoms with van der Waals surface area (Å²) in [5.74, 6) is -3.77. The van der Waals surface area contributed by atoms with Crippen molar-refractivity contribution in [2.24, 2.45) is 11.7 Å². The van der Waals surface area contributed by atoms with Crippen molar-refractivity contribution < 1.29 is 17.9 Å². The minimum Gasteiger partial charge on any atom is -0.384 e. The quantitative estimate of drug-likeness (QED) is 0.812. The molecule has 1 aromatic rings. The second-order valence-corrected chi connectivity index (χ2v) is 4.17. The van der Waals surface area contributed by atoms with Crippen LogP contribution in [-0.4, -0.2) is 13.7 Å². The molecule has 17 heavy (non-hydrogen) atoms. The van der Waals surface area contributed by atoms with Crippen LogP contribution in [0.1, 0.15) is 24.9 Å². The molecule has 1 aromatic carbocycles. The summed E-state index contributed by atoms with van der Waals surface area (Å²) < 4.78 is 44.1. The minimum atomic E-state index is -1.47. The highest BCUT2D eigenvalue weighted by Crippen LogP contribution is 2.24. The van der Waals surface area contributed by atoms with Crippen molar-refractivity contribution in [2.45, 2.75) is 19.4 Å². The zero-order valence-electron chi connectivity index (χ0n) is 9.84. The van der Waals surface area contributed by atoms with Crippen LogP contribution < -0.4 is 5.73 Å². The number of ether oxygens (including phenoxy) is 1. The van der Waals surface area contributed by atoms with Crippen LogP contribution in [0.25, 0.3) is 0 Å². The highest BCUT2D eigenvalue weighted by Gasteiger charge is 2.19. The summed E-state index contributed by atoms with van der Waals surface area (Å²) >= 11 is 0. The zero-order valence-corrected chi connectivity index (χ0v) is 9.84. The third-order valence-electron chi connectivity index (χ3n) is 2.57. The van der Waals surface area contributed by atoms with E-state index in [-0.39, 0.29) is 11.5 Å². The first-order chi connectivity index (χ1) is 7.97. The van der Waals surface area contributed by atoms with Gasteiger partial charge in [0.1, 0.15) is 0 Å². The topological polar surface area (TPSA) is 35.2 Å². The van der Waals surface area contributed by atoms with Crippen molar-refractivity contribution in [1.29, 1.82) is 0 Å². The zero-order chi connectivity index (χ0) is 13.0. The van der Waals surface area contributed by atoms with E-state index < -0.39 is 23.5 Å². The fourth-order valence-electron chi connectivity index (χ4n) is 1.74. The van der Waals surface area contributed by atoms with E-state index in [1.54, 1.807) is 7.11 Å². The van der Waals surface area contributed by atoms with Gasteiger partial charge in [-0.05, 0) is 18.4 Å². The Labute approximate surface area is 98.6 Å². The van der Waals surface area contributed by atoms with E-state index >= 15 is 0 Å². The molecular weight excluding hydrogens is 231 g/mol. The van der Waals surface area contributed by atoms with Crippen molar-refractivity contribution in [2.75, 3.05) is 13.7 Å². The molecule has 2 atom stereocenters. The summed E-state index contributed by atoms with van der Waals surface area (Å²) in [6, 6.07) is 1.39. The molecule has 0 aromatic heterocycles. The van der Waals surface area contributed by atoms with Crippen molar-refractivity contribution in [3.05, 3.63) is 35.1 Å². The van der Waals surface area contributed by atoms with Crippen LogP contribution in [0.2, 0.25) is 0 Å². The third kappa shape index (κ3) is 3.44. The van der Waals surface area contributed by atoms with Gasteiger partial charge in [0.25, 0.3) is 0 Å². The number of hydrogen-bond acceptors (Lipinski definition) is 2. The lowest BCUT2D eigenvalue weighted by molar-refractivity contribution is 0.152. The predicted octanol–water partition coefficient (Wildman–Crippen LogP) is 2.78. The van der Waals surface area contributed by atoms with E-state index in [2.05, 4.69) is 0 Å². The number of halogens is 3. The van der Waals surface area contributed by atoms with Gasteiger partial charge in [-0.2, -0.15) is 0 Å². The number of rotatable bonds is 5. The van der Waals surface area contributed by atoms with Crippen molar-refractivity contribution >= 4 is 0 Å². The van der Waals surface area contributed by atoms with Gasteiger partial charge in [0.2, 0.25) is 0 Å². The van der Waals surface area contributed by atoms with Crippen LogP contribution in [0.3, 0.4) is 0 Å². The highest BCUT2D eigenvalue weighted by atomic mass is 19.2. The van der Waals surface area contributed by atoms with E-state index in [1.807, 2.05) is 6.92 Å². The fourth-order valence-corrected chi connectivity index (χ4v) is 1.74. The van der Waals surface area contributed by atoms with Gasteiger partial charge < -0.3 is 10.5 Å². The average molecular weight is 247 g/mol. The largest absolute Gasteiger partial charge is 0.384 e. The Bertz CT molecular complexity index is 384. The van der Waals surface area contributed by atoms with Crippen LogP contribution in [-0.2, 0) is 4.74 Å². The van der Waals surface area contributed by atoms with Gasteiger partial charge in [-0.25, -0.2) is 13.2 Å². The molecule has 2 N–H and O–H groups in total. The second kappa shape index (κ2) is 6.02. The van der Waals surface area contributed by atoms with E-state index in [1.165, 1.54) is 6.07 Å². The third-order valence-corrected chi connectivity index (χ3v) is 2.57. The van der Waals surface area contributed by atoms with E-state index in [0.717, 1.165) is 6.07 Å². The fraction of sp³-hybridized carbons (Fsp3) is 0.500. The van der Waals surface area contributed by atoms with E-state index in [4.69, 9.17) is 10.5 Å². The predicted molar refractivity (Wildman–Crippen MR) is 58.9 cm³/mol. The first-order valence-electron chi connectivity index (χ1n) is 5.35. The number of nitrogens with two attached hydrogens (primary N) is 1. The molecule has 5 heteroatoms. The molecule has 0 heterocycles. The molecule has 2 unspecified atom stereocenters. The molecule has 0 spiro atoms. The maximum Gasteiger partial charge on any atom is 0.194 e. The van der Waals surface area contributed by atoms with Gasteiger partial charge in [-0.15, -0.1) is 0 Å². The minimum absolute atomic E-state index is 0.00754. The summed E-state index contributed by atoms with van der Waals surface area (Å²) in [5.41, 5.74) is 5.75. The van der Waals surface area contributed by atoms with Gasteiger partial charge >= 0.3 is 0 Å². The molecular formula is C12H16F3NO. The van der Waals surface area contributed by atoms with Crippen LogP contribution in [0.4, 0.5) is 13.2 Å². The summed E-state index contributed by atoms with van der Waals surface area (Å²) in [7, 11) is 1.56. The standard InChI is InChI=1S/C12H16F3NO/c1-7(6-17-2)5-10(16)8-3-4-9(13)12(15)11(8)14/h3-4,7,10H,5-6,16H2,1-2H3. The van der Waals surface area contributed by atoms with Gasteiger partial charge in [0.05, 0.1) is 0 Å². The Morgan fingerprint density at radius 1 is 1.24 bits per heavy atom. The molecule has 0 aliphatic heterocycles. The van der Waals surface area contributed by atoms with Crippen molar-refractivity contribution in [3.63, 3.8) is 0 Å². The maximum atomic E-state index is 13.4. The van der Waals surface area contributed by atoms with Crippen LogP contribution >= 0.6 is 0 Å². The Balaban J connectivity index is 2.82. The normalized spacial score (nSPS) is 14.7. The van der Waals surface area contributed by atoms with Crippen molar-refractivity contribution in [3.8, 4) is 0 Å². The molecule has 0 aliphatic rings. The molecule has 0 aliphatic carbocycles. The molecule has 0 saturated heterocycles. The van der Waals surface area contributed by atoms with E-state index in [9.17, 15) is 13.2 Å². The van der Waals surface area contributed by atoms with Gasteiger partial charge in [-0.3, -0.25) is 0 Å². The Morgan fingerprint density at radius 3 is 2.47 bits per heavy atom. The first kappa shape index (κ1) is 14.0. The highest BCUT2D eigenvalue weighted by molar-refractivity contribution is 5.23. The molecule has 1 rings (SSSR count). The summed E-state index contributed by atoms with van der Waals surface area (Å²) in [6.07, 6.45) is 0.440. The number of benzene rings is 1. The Morgan fingerprint density at radius 2 is 1.88 bits per heavy atom. The lowest BCUT2D eigenvalue weighted by Crippen LogP contribution is -2.18. The molecule has 0 fully saturated rings. The number of methoxy groups -OCH3 is 1. The summed E-state index contributed by atoms with van der Waals surface area (Å²) in [5, 5.41) is 0. The molecule has 0 radical (unpaired) electrons. The maximum absolute atomic E-state index is 13.4. The molecule has 0 bridgehead atoms. The monoisotopic (exact) mass is 247 g/mol. The lowest BCUT2D eigenvalue weighted by Gasteiger charge is -2.17. The second-order valence-electron chi connectivity index (χ2n) is 4.17. The van der Waals surface area contributed by atoms with Crippen LogP contribution in [0.5, 0.6) is 0 Å². The summed E-state index contributed by atoms with van der Waals surface area (Å²) in [6.45, 7) is 2.38. The smallest absolute Gasteiger partial charge is 0.194 e. The number of hydrogen-bond donors (Lipinski definition) is 1.